The van der Waals surface area contributed by atoms with Crippen molar-refractivity contribution in [1.82, 2.24) is 4.90 Å². The molecule has 0 aromatic heterocycles. The Bertz CT molecular complexity index is 995. The van der Waals surface area contributed by atoms with Crippen LogP contribution in [0.3, 0.4) is 0 Å². The summed E-state index contributed by atoms with van der Waals surface area (Å²) in [5.74, 6) is 3.47. The van der Waals surface area contributed by atoms with Crippen molar-refractivity contribution in [3.63, 3.8) is 0 Å². The first-order valence-corrected chi connectivity index (χ1v) is 16.9. The highest BCUT2D eigenvalue weighted by Crippen LogP contribution is 2.64. The number of methoxy groups -OCH3 is 1. The molecule has 1 N–H and O–H groups in total. The van der Waals surface area contributed by atoms with Gasteiger partial charge in [-0.15, -0.1) is 0 Å². The number of hydrogen-bond donors (Lipinski definition) is 1. The quantitative estimate of drug-likeness (QED) is 0.280. The summed E-state index contributed by atoms with van der Waals surface area (Å²) in [6, 6.07) is 0.492. The Labute approximate surface area is 249 Å². The van der Waals surface area contributed by atoms with Gasteiger partial charge in [0.2, 0.25) is 0 Å². The minimum absolute atomic E-state index is 0.0246. The molecule has 1 spiro atoms. The molecule has 4 aliphatic carbocycles. The summed E-state index contributed by atoms with van der Waals surface area (Å²) in [7, 11) is 1.70. The first kappa shape index (κ1) is 30.3. The molecule has 6 nitrogen and oxygen atoms in total. The molecule has 0 aromatic carbocycles. The summed E-state index contributed by atoms with van der Waals surface area (Å²) >= 11 is 0. The number of aliphatic hydroxyl groups excluding tert-OH is 1. The van der Waals surface area contributed by atoms with Gasteiger partial charge in [-0.05, 0) is 93.8 Å². The molecule has 2 aliphatic heterocycles. The monoisotopic (exact) mass is 571 g/mol. The molecule has 2 saturated carbocycles. The van der Waals surface area contributed by atoms with Crippen molar-refractivity contribution in [3.05, 3.63) is 22.8 Å². The molecular weight excluding hydrogens is 514 g/mol. The van der Waals surface area contributed by atoms with Crippen LogP contribution >= 0.6 is 0 Å². The molecule has 10 unspecified atom stereocenters. The average Bonchev–Trinajstić information content (AvgIpc) is 3.40. The van der Waals surface area contributed by atoms with E-state index in [1.807, 2.05) is 0 Å². The first-order valence-electron chi connectivity index (χ1n) is 16.9. The second-order valence-corrected chi connectivity index (χ2v) is 14.9. The molecule has 6 aliphatic rings. The number of rotatable bonds is 9. The number of piperidine rings is 1. The largest absolute Gasteiger partial charge is 0.389 e. The number of ether oxygens (including phenoxy) is 4. The summed E-state index contributed by atoms with van der Waals surface area (Å²) in [4.78, 5) is 2.71. The van der Waals surface area contributed by atoms with E-state index in [0.29, 0.717) is 55.8 Å². The van der Waals surface area contributed by atoms with Crippen molar-refractivity contribution < 1.29 is 24.1 Å². The summed E-state index contributed by atoms with van der Waals surface area (Å²) < 4.78 is 23.9. The maximum Gasteiger partial charge on any atom is 0.0765 e. The van der Waals surface area contributed by atoms with Gasteiger partial charge in [-0.25, -0.2) is 0 Å². The van der Waals surface area contributed by atoms with Crippen LogP contribution in [0.2, 0.25) is 0 Å². The van der Waals surface area contributed by atoms with Crippen molar-refractivity contribution in [2.24, 2.45) is 35.0 Å². The third-order valence-corrected chi connectivity index (χ3v) is 12.6. The molecule has 0 aromatic rings. The molecule has 6 heteroatoms. The van der Waals surface area contributed by atoms with Crippen molar-refractivity contribution in [2.75, 3.05) is 53.2 Å². The summed E-state index contributed by atoms with van der Waals surface area (Å²) in [5, 5.41) is 10.3. The predicted molar refractivity (Wildman–Crippen MR) is 162 cm³/mol. The van der Waals surface area contributed by atoms with Gasteiger partial charge in [-0.2, -0.15) is 0 Å². The molecular formula is C35H57NO5. The van der Waals surface area contributed by atoms with Gasteiger partial charge in [0.15, 0.2) is 0 Å². The van der Waals surface area contributed by atoms with Crippen molar-refractivity contribution in [3.8, 4) is 0 Å². The van der Waals surface area contributed by atoms with E-state index in [4.69, 9.17) is 18.9 Å². The topological polar surface area (TPSA) is 60.4 Å². The lowest BCUT2D eigenvalue weighted by molar-refractivity contribution is -0.0807. The standard InChI is InChI=1S/C35H57NO5/c1-23-18-32-33(36(22-23)12-13-39-16-17-40-15-14-38-5)25(3)35(41-32)11-9-28-29-7-6-26-19-27(37)8-10-34(26,4)31(29)20-30(28)24(2)21-35/h19,23,25,27-29,31-33,37H,6-18,20-22H2,1-5H3. The van der Waals surface area contributed by atoms with E-state index in [1.165, 1.54) is 38.5 Å². The molecule has 41 heavy (non-hydrogen) atoms. The van der Waals surface area contributed by atoms with Crippen LogP contribution in [-0.4, -0.2) is 87.1 Å². The number of likely N-dealkylation sites (tertiary alicyclic amines) is 1. The van der Waals surface area contributed by atoms with Crippen LogP contribution in [0.1, 0.15) is 85.5 Å². The molecule has 0 radical (unpaired) electrons. The fourth-order valence-corrected chi connectivity index (χ4v) is 10.6. The van der Waals surface area contributed by atoms with Gasteiger partial charge in [0.25, 0.3) is 0 Å². The fraction of sp³-hybridized carbons (Fsp3) is 0.886. The highest BCUT2D eigenvalue weighted by molar-refractivity contribution is 5.33. The summed E-state index contributed by atoms with van der Waals surface area (Å²) in [6.07, 6.45) is 13.0. The molecule has 2 saturated heterocycles. The van der Waals surface area contributed by atoms with E-state index in [0.717, 1.165) is 56.7 Å². The summed E-state index contributed by atoms with van der Waals surface area (Å²) in [5.41, 5.74) is 5.28. The smallest absolute Gasteiger partial charge is 0.0765 e. The Balaban J connectivity index is 1.13. The number of hydrogen-bond acceptors (Lipinski definition) is 6. The second kappa shape index (κ2) is 12.3. The first-order chi connectivity index (χ1) is 19.8. The third kappa shape index (κ3) is 5.64. The zero-order chi connectivity index (χ0) is 28.8. The Hall–Kier alpha value is -0.760. The minimum atomic E-state index is -0.221. The van der Waals surface area contributed by atoms with E-state index in [-0.39, 0.29) is 11.7 Å². The number of allylic oxidation sites excluding steroid dienone is 2. The highest BCUT2D eigenvalue weighted by atomic mass is 16.5. The van der Waals surface area contributed by atoms with Crippen LogP contribution in [0.25, 0.3) is 0 Å². The molecule has 6 rings (SSSR count). The lowest BCUT2D eigenvalue weighted by atomic mass is 9.56. The van der Waals surface area contributed by atoms with Gasteiger partial charge in [0, 0.05) is 32.2 Å². The van der Waals surface area contributed by atoms with E-state index in [9.17, 15) is 5.11 Å². The van der Waals surface area contributed by atoms with Gasteiger partial charge in [-0.3, -0.25) is 4.90 Å². The Morgan fingerprint density at radius 3 is 2.63 bits per heavy atom. The lowest BCUT2D eigenvalue weighted by Gasteiger charge is -2.49. The lowest BCUT2D eigenvalue weighted by Crippen LogP contribution is -2.52. The predicted octanol–water partition coefficient (Wildman–Crippen LogP) is 5.78. The number of nitrogens with zero attached hydrogens (tertiary/aromatic N) is 1. The van der Waals surface area contributed by atoms with Crippen molar-refractivity contribution >= 4 is 0 Å². The zero-order valence-corrected chi connectivity index (χ0v) is 26.5. The van der Waals surface area contributed by atoms with Crippen molar-refractivity contribution in [1.29, 1.82) is 0 Å². The zero-order valence-electron chi connectivity index (χ0n) is 26.5. The van der Waals surface area contributed by atoms with Crippen LogP contribution in [0.5, 0.6) is 0 Å². The molecule has 4 fully saturated rings. The minimum Gasteiger partial charge on any atom is -0.389 e. The van der Waals surface area contributed by atoms with Crippen LogP contribution < -0.4 is 0 Å². The Morgan fingerprint density at radius 2 is 1.83 bits per heavy atom. The molecule has 2 heterocycles. The Kier molecular flexibility index (Phi) is 9.10. The fourth-order valence-electron chi connectivity index (χ4n) is 10.6. The van der Waals surface area contributed by atoms with Gasteiger partial charge in [-0.1, -0.05) is 43.6 Å². The highest BCUT2D eigenvalue weighted by Gasteiger charge is 2.59. The SMILES string of the molecule is COCCOCCOCCN1CC(C)CC2OC3(CCC4C(=C(C)C3)CC3C4CCC4=CC(O)CCC43C)C(C)C21. The van der Waals surface area contributed by atoms with Crippen LogP contribution in [0.15, 0.2) is 22.8 Å². The average molecular weight is 572 g/mol. The summed E-state index contributed by atoms with van der Waals surface area (Å²) in [6.45, 7) is 15.3. The van der Waals surface area contributed by atoms with Gasteiger partial charge < -0.3 is 24.1 Å². The second-order valence-electron chi connectivity index (χ2n) is 14.9. The van der Waals surface area contributed by atoms with Crippen molar-refractivity contribution in [2.45, 2.75) is 109 Å². The molecule has 0 bridgehead atoms. The van der Waals surface area contributed by atoms with E-state index >= 15 is 0 Å². The van der Waals surface area contributed by atoms with E-state index in [1.54, 1.807) is 23.8 Å². The normalized spacial score (nSPS) is 44.3. The number of fused-ring (bicyclic) bond motifs is 6. The van der Waals surface area contributed by atoms with Crippen LogP contribution in [0, 0.1) is 35.0 Å². The molecule has 10 atom stereocenters. The third-order valence-electron chi connectivity index (χ3n) is 12.6. The molecule has 232 valence electrons. The van der Waals surface area contributed by atoms with Crippen LogP contribution in [0.4, 0.5) is 0 Å². The van der Waals surface area contributed by atoms with Crippen LogP contribution in [-0.2, 0) is 18.9 Å². The maximum atomic E-state index is 10.3. The van der Waals surface area contributed by atoms with Gasteiger partial charge in [0.1, 0.15) is 0 Å². The Morgan fingerprint density at radius 1 is 1.05 bits per heavy atom. The number of aliphatic hydroxyl groups is 1. The maximum absolute atomic E-state index is 10.3. The van der Waals surface area contributed by atoms with Gasteiger partial charge >= 0.3 is 0 Å². The molecule has 0 amide bonds. The van der Waals surface area contributed by atoms with E-state index < -0.39 is 0 Å². The van der Waals surface area contributed by atoms with Gasteiger partial charge in [0.05, 0.1) is 50.8 Å². The van der Waals surface area contributed by atoms with E-state index in [2.05, 4.69) is 38.7 Å².